The van der Waals surface area contributed by atoms with Gasteiger partial charge in [-0.2, -0.15) is 0 Å². The largest absolute Gasteiger partial charge is 0.481 e. The van der Waals surface area contributed by atoms with E-state index in [1.807, 2.05) is 0 Å². The second-order valence-corrected chi connectivity index (χ2v) is 3.62. The molecule has 1 aliphatic carbocycles. The Kier molecular flexibility index (Phi) is 2.49. The van der Waals surface area contributed by atoms with E-state index in [0.29, 0.717) is 0 Å². The molecule has 0 bridgehead atoms. The van der Waals surface area contributed by atoms with E-state index >= 15 is 0 Å². The summed E-state index contributed by atoms with van der Waals surface area (Å²) in [5.41, 5.74) is 0. The topological polar surface area (TPSA) is 74.6 Å². The van der Waals surface area contributed by atoms with E-state index in [1.54, 1.807) is 0 Å². The smallest absolute Gasteiger partial charge is 0.308 e. The molecule has 68 valence electrons. The molecule has 0 aromatic carbocycles. The van der Waals surface area contributed by atoms with Crippen LogP contribution in [-0.4, -0.2) is 32.9 Å². The summed E-state index contributed by atoms with van der Waals surface area (Å²) in [5, 5.41) is 15.5. The zero-order chi connectivity index (χ0) is 9.46. The Morgan fingerprint density at radius 2 is 1.17 bits per heavy atom. The van der Waals surface area contributed by atoms with Gasteiger partial charge >= 0.3 is 11.9 Å². The van der Waals surface area contributed by atoms with Crippen LogP contribution in [-0.2, 0) is 9.59 Å². The molecule has 0 radical (unpaired) electrons. The van der Waals surface area contributed by atoms with Gasteiger partial charge in [0.05, 0.1) is 22.6 Å². The van der Waals surface area contributed by atoms with Crippen LogP contribution in [0.1, 0.15) is 0 Å². The SMILES string of the molecule is O=C(O)C1C(Cl)C(Cl)C1C(=O)O. The van der Waals surface area contributed by atoms with Crippen molar-refractivity contribution in [3.05, 3.63) is 0 Å². The number of alkyl halides is 2. The van der Waals surface area contributed by atoms with Crippen molar-refractivity contribution in [3.63, 3.8) is 0 Å². The summed E-state index contributed by atoms with van der Waals surface area (Å²) in [6, 6.07) is 0. The monoisotopic (exact) mass is 212 g/mol. The van der Waals surface area contributed by atoms with E-state index in [4.69, 9.17) is 33.4 Å². The van der Waals surface area contributed by atoms with Gasteiger partial charge < -0.3 is 10.2 Å². The summed E-state index contributed by atoms with van der Waals surface area (Å²) < 4.78 is 0. The maximum absolute atomic E-state index is 10.4. The standard InChI is InChI=1S/C6H6Cl2O4/c7-3-1(5(9)10)2(4(3)8)6(11)12/h1-4H,(H,9,10)(H,11,12). The maximum atomic E-state index is 10.4. The van der Waals surface area contributed by atoms with Gasteiger partial charge in [0.15, 0.2) is 0 Å². The molecule has 1 fully saturated rings. The van der Waals surface area contributed by atoms with Gasteiger partial charge in [0.25, 0.3) is 0 Å². The molecule has 0 aromatic heterocycles. The summed E-state index contributed by atoms with van der Waals surface area (Å²) in [5.74, 6) is -4.54. The first kappa shape index (κ1) is 9.61. The number of hydrogen-bond acceptors (Lipinski definition) is 2. The molecule has 4 atom stereocenters. The minimum Gasteiger partial charge on any atom is -0.481 e. The minimum atomic E-state index is -1.21. The second-order valence-electron chi connectivity index (χ2n) is 2.62. The van der Waals surface area contributed by atoms with Crippen molar-refractivity contribution >= 4 is 35.1 Å². The molecule has 0 aliphatic heterocycles. The van der Waals surface area contributed by atoms with E-state index in [2.05, 4.69) is 0 Å². The third-order valence-corrected chi connectivity index (χ3v) is 3.16. The predicted molar refractivity (Wildman–Crippen MR) is 41.5 cm³/mol. The molecule has 0 aromatic rings. The Balaban J connectivity index is 2.75. The lowest BCUT2D eigenvalue weighted by atomic mass is 9.72. The predicted octanol–water partition coefficient (Wildman–Crippen LogP) is 0.616. The first-order valence-corrected chi connectivity index (χ1v) is 4.08. The van der Waals surface area contributed by atoms with Crippen LogP contribution in [0.15, 0.2) is 0 Å². The van der Waals surface area contributed by atoms with Crippen molar-refractivity contribution in [1.82, 2.24) is 0 Å². The molecule has 0 spiro atoms. The van der Waals surface area contributed by atoms with Crippen LogP contribution in [0, 0.1) is 11.8 Å². The number of halogens is 2. The van der Waals surface area contributed by atoms with Crippen molar-refractivity contribution in [2.45, 2.75) is 10.8 Å². The second kappa shape index (κ2) is 3.11. The Hall–Kier alpha value is -0.480. The Morgan fingerprint density at radius 1 is 0.917 bits per heavy atom. The number of hydrogen-bond donors (Lipinski definition) is 2. The van der Waals surface area contributed by atoms with Gasteiger partial charge in [-0.25, -0.2) is 0 Å². The van der Waals surface area contributed by atoms with Crippen molar-refractivity contribution in [2.24, 2.45) is 11.8 Å². The Bertz CT molecular complexity index is 206. The van der Waals surface area contributed by atoms with E-state index in [9.17, 15) is 9.59 Å². The molecular weight excluding hydrogens is 207 g/mol. The molecule has 4 unspecified atom stereocenters. The van der Waals surface area contributed by atoms with Crippen LogP contribution >= 0.6 is 23.2 Å². The van der Waals surface area contributed by atoms with Gasteiger partial charge in [-0.1, -0.05) is 0 Å². The van der Waals surface area contributed by atoms with Crippen LogP contribution < -0.4 is 0 Å². The van der Waals surface area contributed by atoms with Gasteiger partial charge in [-0.3, -0.25) is 9.59 Å². The molecule has 2 N–H and O–H groups in total. The van der Waals surface area contributed by atoms with Crippen molar-refractivity contribution < 1.29 is 19.8 Å². The molecule has 6 heteroatoms. The summed E-state index contributed by atoms with van der Waals surface area (Å²) in [6.07, 6.45) is 0. The molecular formula is C6H6Cl2O4. The van der Waals surface area contributed by atoms with Crippen molar-refractivity contribution in [2.75, 3.05) is 0 Å². The van der Waals surface area contributed by atoms with Crippen LogP contribution in [0.2, 0.25) is 0 Å². The number of carboxylic acid groups (broad SMARTS) is 2. The van der Waals surface area contributed by atoms with Gasteiger partial charge in [-0.05, 0) is 0 Å². The highest BCUT2D eigenvalue weighted by Crippen LogP contribution is 2.43. The first-order chi connectivity index (χ1) is 5.46. The molecule has 1 aliphatic rings. The average Bonchev–Trinajstić information content (AvgIpc) is 1.96. The number of carboxylic acids is 2. The molecule has 0 saturated heterocycles. The molecule has 0 heterocycles. The Morgan fingerprint density at radius 3 is 1.33 bits per heavy atom. The number of carbonyl (C=O) groups is 2. The highest BCUT2D eigenvalue weighted by Gasteiger charge is 2.56. The molecule has 0 amide bonds. The molecule has 12 heavy (non-hydrogen) atoms. The normalized spacial score (nSPS) is 40.2. The van der Waals surface area contributed by atoms with E-state index in [0.717, 1.165) is 0 Å². The lowest BCUT2D eigenvalue weighted by Crippen LogP contribution is -2.56. The van der Waals surface area contributed by atoms with Gasteiger partial charge in [0.1, 0.15) is 0 Å². The van der Waals surface area contributed by atoms with Crippen LogP contribution in [0.25, 0.3) is 0 Å². The van der Waals surface area contributed by atoms with Crippen molar-refractivity contribution in [1.29, 1.82) is 0 Å². The fourth-order valence-corrected chi connectivity index (χ4v) is 2.07. The highest BCUT2D eigenvalue weighted by atomic mass is 35.5. The van der Waals surface area contributed by atoms with Gasteiger partial charge in [-0.15, -0.1) is 23.2 Å². The molecule has 1 saturated carbocycles. The van der Waals surface area contributed by atoms with Crippen LogP contribution in [0.4, 0.5) is 0 Å². The van der Waals surface area contributed by atoms with Crippen LogP contribution in [0.5, 0.6) is 0 Å². The molecule has 1 rings (SSSR count). The molecule has 4 nitrogen and oxygen atoms in total. The fraction of sp³-hybridized carbons (Fsp3) is 0.667. The summed E-state index contributed by atoms with van der Waals surface area (Å²) in [7, 11) is 0. The third-order valence-electron chi connectivity index (χ3n) is 1.95. The van der Waals surface area contributed by atoms with Crippen molar-refractivity contribution in [3.8, 4) is 0 Å². The lowest BCUT2D eigenvalue weighted by molar-refractivity contribution is -0.159. The Labute approximate surface area is 78.1 Å². The lowest BCUT2D eigenvalue weighted by Gasteiger charge is -2.40. The summed E-state index contributed by atoms with van der Waals surface area (Å²) >= 11 is 11.0. The van der Waals surface area contributed by atoms with Gasteiger partial charge in [0.2, 0.25) is 0 Å². The van der Waals surface area contributed by atoms with Crippen LogP contribution in [0.3, 0.4) is 0 Å². The fourth-order valence-electron chi connectivity index (χ4n) is 1.23. The number of aliphatic carboxylic acids is 2. The summed E-state index contributed by atoms with van der Waals surface area (Å²) in [6.45, 7) is 0. The summed E-state index contributed by atoms with van der Waals surface area (Å²) in [4.78, 5) is 20.9. The minimum absolute atomic E-state index is 0.787. The number of rotatable bonds is 2. The first-order valence-electron chi connectivity index (χ1n) is 3.20. The van der Waals surface area contributed by atoms with E-state index in [-0.39, 0.29) is 0 Å². The van der Waals surface area contributed by atoms with E-state index in [1.165, 1.54) is 0 Å². The quantitative estimate of drug-likeness (QED) is 0.659. The van der Waals surface area contributed by atoms with Gasteiger partial charge in [0, 0.05) is 0 Å². The zero-order valence-corrected chi connectivity index (χ0v) is 7.29. The highest BCUT2D eigenvalue weighted by molar-refractivity contribution is 6.34. The van der Waals surface area contributed by atoms with E-state index < -0.39 is 34.5 Å². The third kappa shape index (κ3) is 1.25. The maximum Gasteiger partial charge on any atom is 0.308 e. The average molecular weight is 213 g/mol. The zero-order valence-electron chi connectivity index (χ0n) is 5.78.